The molecule has 0 saturated carbocycles. The average Bonchev–Trinajstić information content (AvgIpc) is 3.61. The quantitative estimate of drug-likeness (QED) is 0.0712. The molecule has 2 heterocycles. The van der Waals surface area contributed by atoms with E-state index in [0.29, 0.717) is 49.2 Å². The van der Waals surface area contributed by atoms with E-state index in [9.17, 15) is 14.7 Å². The smallest absolute Gasteiger partial charge is 0.301 e. The highest BCUT2D eigenvalue weighted by molar-refractivity contribution is 8.00. The molecule has 222 valence electrons. The normalized spacial score (nSPS) is 15.9. The number of hydrogen-bond acceptors (Lipinski definition) is 11. The van der Waals surface area contributed by atoms with Gasteiger partial charge < -0.3 is 24.1 Å². The third-order valence-electron chi connectivity index (χ3n) is 6.69. The van der Waals surface area contributed by atoms with E-state index < -0.39 is 17.7 Å². The van der Waals surface area contributed by atoms with Crippen LogP contribution in [0.4, 0.5) is 5.13 Å². The van der Waals surface area contributed by atoms with Gasteiger partial charge in [0.25, 0.3) is 5.78 Å². The van der Waals surface area contributed by atoms with E-state index >= 15 is 0 Å². The number of ketones is 1. The number of nitrogens with zero attached hydrogens (tertiary/aromatic N) is 3. The van der Waals surface area contributed by atoms with E-state index in [-0.39, 0.29) is 16.5 Å². The lowest BCUT2D eigenvalue weighted by Gasteiger charge is -2.24. The molecule has 1 fully saturated rings. The van der Waals surface area contributed by atoms with Crippen LogP contribution in [0.2, 0.25) is 5.02 Å². The van der Waals surface area contributed by atoms with Crippen molar-refractivity contribution in [3.8, 4) is 23.0 Å². The number of thioether (sulfide) groups is 1. The number of ether oxygens (including phenoxy) is 4. The number of aliphatic hydroxyl groups excluding tert-OH is 1. The molecule has 1 saturated heterocycles. The SMILES string of the molecule is COc1ccc(/C(O)=C2/C(=O)C(=O)N(c3nnc(SCc4ccc(Cl)cc4)s3)C2c2cc(OC)c(OC)c(OC)c2)cc1. The zero-order valence-electron chi connectivity index (χ0n) is 23.5. The van der Waals surface area contributed by atoms with Crippen LogP contribution >= 0.6 is 34.7 Å². The summed E-state index contributed by atoms with van der Waals surface area (Å²) < 4.78 is 22.4. The summed E-state index contributed by atoms with van der Waals surface area (Å²) in [5.41, 5.74) is 1.65. The van der Waals surface area contributed by atoms with Crippen molar-refractivity contribution in [3.63, 3.8) is 0 Å². The van der Waals surface area contributed by atoms with Crippen LogP contribution in [-0.4, -0.2) is 55.4 Å². The molecule has 1 atom stereocenters. The van der Waals surface area contributed by atoms with Crippen LogP contribution < -0.4 is 23.8 Å². The first kappa shape index (κ1) is 30.2. The van der Waals surface area contributed by atoms with E-state index in [1.807, 2.05) is 24.3 Å². The molecule has 43 heavy (non-hydrogen) atoms. The molecule has 1 N–H and O–H groups in total. The van der Waals surface area contributed by atoms with Crippen LogP contribution in [0.1, 0.15) is 22.7 Å². The number of aliphatic hydroxyl groups is 1. The van der Waals surface area contributed by atoms with Crippen molar-refractivity contribution in [1.29, 1.82) is 0 Å². The molecule has 13 heteroatoms. The van der Waals surface area contributed by atoms with Crippen LogP contribution in [-0.2, 0) is 15.3 Å². The van der Waals surface area contributed by atoms with E-state index in [0.717, 1.165) is 16.9 Å². The fraction of sp³-hybridized carbons (Fsp3) is 0.200. The molecule has 5 rings (SSSR count). The van der Waals surface area contributed by atoms with Gasteiger partial charge in [0, 0.05) is 16.3 Å². The van der Waals surface area contributed by atoms with Gasteiger partial charge in [-0.15, -0.1) is 10.2 Å². The molecule has 0 bridgehead atoms. The predicted molar refractivity (Wildman–Crippen MR) is 165 cm³/mol. The molecule has 1 aliphatic heterocycles. The first-order chi connectivity index (χ1) is 20.8. The van der Waals surface area contributed by atoms with Crippen molar-refractivity contribution in [2.45, 2.75) is 16.1 Å². The van der Waals surface area contributed by atoms with Gasteiger partial charge in [-0.3, -0.25) is 14.5 Å². The molecular formula is C30H26ClN3O7S2. The number of anilines is 1. The van der Waals surface area contributed by atoms with Crippen molar-refractivity contribution in [1.82, 2.24) is 10.2 Å². The summed E-state index contributed by atoms with van der Waals surface area (Å²) in [5.74, 6) is 0.0132. The van der Waals surface area contributed by atoms with Crippen LogP contribution in [0.5, 0.6) is 23.0 Å². The van der Waals surface area contributed by atoms with Gasteiger partial charge in [0.15, 0.2) is 15.8 Å². The zero-order valence-corrected chi connectivity index (χ0v) is 25.9. The lowest BCUT2D eigenvalue weighted by Crippen LogP contribution is -2.29. The highest BCUT2D eigenvalue weighted by Gasteiger charge is 2.49. The second-order valence-corrected chi connectivity index (χ2v) is 11.7. The lowest BCUT2D eigenvalue weighted by atomic mass is 9.94. The number of Topliss-reactive ketones (excluding diaryl/α,β-unsaturated/α-hetero) is 1. The number of amides is 1. The van der Waals surface area contributed by atoms with E-state index in [1.54, 1.807) is 36.4 Å². The second kappa shape index (κ2) is 12.9. The minimum Gasteiger partial charge on any atom is -0.507 e. The third-order valence-corrected chi connectivity index (χ3v) is 9.07. The fourth-order valence-electron chi connectivity index (χ4n) is 4.59. The molecule has 1 aliphatic rings. The molecule has 4 aromatic rings. The van der Waals surface area contributed by atoms with Gasteiger partial charge in [0.1, 0.15) is 11.5 Å². The number of carbonyl (C=O) groups excluding carboxylic acids is 2. The van der Waals surface area contributed by atoms with Gasteiger partial charge in [-0.25, -0.2) is 0 Å². The Morgan fingerprint density at radius 3 is 2.16 bits per heavy atom. The van der Waals surface area contributed by atoms with Crippen molar-refractivity contribution in [2.75, 3.05) is 33.3 Å². The Morgan fingerprint density at radius 1 is 0.930 bits per heavy atom. The van der Waals surface area contributed by atoms with Crippen LogP contribution in [0.3, 0.4) is 0 Å². The number of rotatable bonds is 10. The standard InChI is InChI=1S/C30H26ClN3O7S2/c1-38-20-11-7-17(8-12-20)25(35)23-24(18-13-21(39-2)27(41-4)22(14-18)40-3)34(28(37)26(23)36)29-32-33-30(43-29)42-15-16-5-9-19(31)10-6-16/h5-14,24,35H,15H2,1-4H3/b25-23-. The lowest BCUT2D eigenvalue weighted by molar-refractivity contribution is -0.132. The maximum atomic E-state index is 13.6. The minimum atomic E-state index is -1.09. The first-order valence-corrected chi connectivity index (χ1v) is 14.9. The number of hydrogen-bond donors (Lipinski definition) is 1. The Bertz CT molecular complexity index is 1670. The predicted octanol–water partition coefficient (Wildman–Crippen LogP) is 6.14. The molecular weight excluding hydrogens is 614 g/mol. The Kier molecular flexibility index (Phi) is 9.09. The van der Waals surface area contributed by atoms with Gasteiger partial charge in [-0.2, -0.15) is 0 Å². The van der Waals surface area contributed by atoms with Crippen molar-refractivity contribution < 1.29 is 33.6 Å². The van der Waals surface area contributed by atoms with Crippen LogP contribution in [0, 0.1) is 0 Å². The number of aromatic nitrogens is 2. The Balaban J connectivity index is 1.61. The maximum absolute atomic E-state index is 13.6. The Morgan fingerprint density at radius 2 is 1.58 bits per heavy atom. The molecule has 3 aromatic carbocycles. The summed E-state index contributed by atoms with van der Waals surface area (Å²) >= 11 is 8.58. The molecule has 0 radical (unpaired) electrons. The van der Waals surface area contributed by atoms with Gasteiger partial charge >= 0.3 is 5.91 Å². The Labute approximate surface area is 260 Å². The summed E-state index contributed by atoms with van der Waals surface area (Å²) in [6, 6.07) is 16.1. The highest BCUT2D eigenvalue weighted by Crippen LogP contribution is 2.48. The molecule has 1 amide bonds. The van der Waals surface area contributed by atoms with Gasteiger partial charge in [-0.05, 0) is 59.7 Å². The number of carbonyl (C=O) groups is 2. The Hall–Kier alpha value is -4.26. The van der Waals surface area contributed by atoms with Crippen molar-refractivity contribution in [3.05, 3.63) is 87.9 Å². The fourth-order valence-corrected chi connectivity index (χ4v) is 6.54. The van der Waals surface area contributed by atoms with Crippen LogP contribution in [0.15, 0.2) is 70.6 Å². The topological polar surface area (TPSA) is 120 Å². The van der Waals surface area contributed by atoms with E-state index in [4.69, 9.17) is 30.5 Å². The monoisotopic (exact) mass is 639 g/mol. The summed E-state index contributed by atoms with van der Waals surface area (Å²) in [6.07, 6.45) is 0. The molecule has 0 spiro atoms. The van der Waals surface area contributed by atoms with E-state index in [2.05, 4.69) is 10.2 Å². The third kappa shape index (κ3) is 5.99. The summed E-state index contributed by atoms with van der Waals surface area (Å²) in [4.78, 5) is 28.5. The zero-order chi connectivity index (χ0) is 30.7. The van der Waals surface area contributed by atoms with Gasteiger partial charge in [-0.1, -0.05) is 46.8 Å². The minimum absolute atomic E-state index is 0.130. The molecule has 10 nitrogen and oxygen atoms in total. The number of halogens is 1. The molecule has 0 aliphatic carbocycles. The van der Waals surface area contributed by atoms with Gasteiger partial charge in [0.2, 0.25) is 10.9 Å². The van der Waals surface area contributed by atoms with Crippen LogP contribution in [0.25, 0.3) is 5.76 Å². The number of methoxy groups -OCH3 is 4. The summed E-state index contributed by atoms with van der Waals surface area (Å²) in [6.45, 7) is 0. The van der Waals surface area contributed by atoms with Crippen molar-refractivity contribution in [2.24, 2.45) is 0 Å². The van der Waals surface area contributed by atoms with Gasteiger partial charge in [0.05, 0.1) is 40.1 Å². The average molecular weight is 640 g/mol. The number of benzene rings is 3. The molecule has 1 unspecified atom stereocenters. The largest absolute Gasteiger partial charge is 0.507 e. The van der Waals surface area contributed by atoms with Crippen molar-refractivity contribution >= 4 is 57.3 Å². The first-order valence-electron chi connectivity index (χ1n) is 12.8. The maximum Gasteiger partial charge on any atom is 0.301 e. The van der Waals surface area contributed by atoms with E-state index in [1.165, 1.54) is 45.1 Å². The second-order valence-electron chi connectivity index (χ2n) is 9.12. The highest BCUT2D eigenvalue weighted by atomic mass is 35.5. The summed E-state index contributed by atoms with van der Waals surface area (Å²) in [7, 11) is 5.92. The molecule has 1 aromatic heterocycles. The summed E-state index contributed by atoms with van der Waals surface area (Å²) in [5, 5.41) is 20.8.